The van der Waals surface area contributed by atoms with Crippen molar-refractivity contribution in [1.82, 2.24) is 5.32 Å². The predicted octanol–water partition coefficient (Wildman–Crippen LogP) is 4.95. The van der Waals surface area contributed by atoms with E-state index in [9.17, 15) is 9.59 Å². The highest BCUT2D eigenvalue weighted by Crippen LogP contribution is 2.21. The molecule has 0 fully saturated rings. The summed E-state index contributed by atoms with van der Waals surface area (Å²) in [7, 11) is 1.58. The molecule has 0 atom stereocenters. The Balaban J connectivity index is 1.92. The smallest absolute Gasteiger partial charge is 0.257 e. The van der Waals surface area contributed by atoms with Gasteiger partial charge in [-0.05, 0) is 77.6 Å². The van der Waals surface area contributed by atoms with Crippen LogP contribution in [-0.2, 0) is 4.79 Å². The van der Waals surface area contributed by atoms with E-state index >= 15 is 0 Å². The highest BCUT2D eigenvalue weighted by atomic mass is 127. The van der Waals surface area contributed by atoms with Gasteiger partial charge in [0, 0.05) is 23.4 Å². The predicted molar refractivity (Wildman–Crippen MR) is 129 cm³/mol. The number of halogens is 1. The van der Waals surface area contributed by atoms with E-state index in [1.54, 1.807) is 37.4 Å². The van der Waals surface area contributed by atoms with Crippen molar-refractivity contribution >= 4 is 63.1 Å². The molecule has 0 radical (unpaired) electrons. The van der Waals surface area contributed by atoms with E-state index in [0.717, 1.165) is 22.8 Å². The topological polar surface area (TPSA) is 79.5 Å². The number of anilines is 2. The van der Waals surface area contributed by atoms with Crippen LogP contribution in [0.5, 0.6) is 5.75 Å². The summed E-state index contributed by atoms with van der Waals surface area (Å²) < 4.78 is 6.03. The van der Waals surface area contributed by atoms with Crippen LogP contribution in [0.25, 0.3) is 0 Å². The molecule has 29 heavy (non-hydrogen) atoms. The first kappa shape index (κ1) is 23.1. The fourth-order valence-corrected chi connectivity index (χ4v) is 3.53. The van der Waals surface area contributed by atoms with Crippen molar-refractivity contribution in [2.45, 2.75) is 32.6 Å². The van der Waals surface area contributed by atoms with Gasteiger partial charge in [0.1, 0.15) is 5.75 Å². The zero-order valence-corrected chi connectivity index (χ0v) is 19.4. The Hall–Kier alpha value is -2.20. The third kappa shape index (κ3) is 7.62. The fraction of sp³-hybridized carbons (Fsp3) is 0.286. The molecule has 3 N–H and O–H groups in total. The largest absolute Gasteiger partial charge is 0.496 e. The summed E-state index contributed by atoms with van der Waals surface area (Å²) in [4.78, 5) is 24.4. The number of hydrogen-bond donors (Lipinski definition) is 3. The third-order valence-corrected chi connectivity index (χ3v) is 5.10. The summed E-state index contributed by atoms with van der Waals surface area (Å²) in [6.07, 6.45) is 3.49. The monoisotopic (exact) mass is 525 g/mol. The van der Waals surface area contributed by atoms with E-state index in [4.69, 9.17) is 17.0 Å². The number of benzene rings is 2. The van der Waals surface area contributed by atoms with Crippen LogP contribution in [-0.4, -0.2) is 24.0 Å². The van der Waals surface area contributed by atoms with Crippen LogP contribution in [0.2, 0.25) is 0 Å². The molecule has 8 heteroatoms. The third-order valence-electron chi connectivity index (χ3n) is 4.05. The minimum atomic E-state index is -0.316. The number of ether oxygens (including phenoxy) is 1. The lowest BCUT2D eigenvalue weighted by molar-refractivity contribution is -0.116. The van der Waals surface area contributed by atoms with Crippen molar-refractivity contribution in [3.8, 4) is 5.75 Å². The number of rotatable bonds is 8. The molecule has 2 rings (SSSR count). The second-order valence-corrected chi connectivity index (χ2v) is 7.91. The lowest BCUT2D eigenvalue weighted by Gasteiger charge is -2.12. The van der Waals surface area contributed by atoms with Crippen molar-refractivity contribution in [3.63, 3.8) is 0 Å². The number of thiocarbonyl (C=S) groups is 1. The Morgan fingerprint density at radius 3 is 2.45 bits per heavy atom. The average molecular weight is 525 g/mol. The molecule has 0 spiro atoms. The van der Waals surface area contributed by atoms with Gasteiger partial charge in [-0.2, -0.15) is 0 Å². The van der Waals surface area contributed by atoms with Gasteiger partial charge in [0.2, 0.25) is 5.91 Å². The molecular formula is C21H24IN3O3S. The highest BCUT2D eigenvalue weighted by molar-refractivity contribution is 14.1. The summed E-state index contributed by atoms with van der Waals surface area (Å²) in [5.74, 6) is 0.375. The van der Waals surface area contributed by atoms with Crippen LogP contribution in [0.3, 0.4) is 0 Å². The van der Waals surface area contributed by atoms with Gasteiger partial charge in [-0.15, -0.1) is 0 Å². The normalized spacial score (nSPS) is 10.2. The zero-order chi connectivity index (χ0) is 21.2. The lowest BCUT2D eigenvalue weighted by atomic mass is 10.2. The Morgan fingerprint density at radius 1 is 1.07 bits per heavy atom. The van der Waals surface area contributed by atoms with Crippen molar-refractivity contribution < 1.29 is 14.3 Å². The Bertz CT molecular complexity index is 889. The first-order chi connectivity index (χ1) is 13.9. The van der Waals surface area contributed by atoms with Gasteiger partial charge < -0.3 is 15.4 Å². The quantitative estimate of drug-likeness (QED) is 0.259. The molecule has 0 aromatic heterocycles. The van der Waals surface area contributed by atoms with Crippen LogP contribution >= 0.6 is 34.8 Å². The molecule has 0 aliphatic heterocycles. The maximum absolute atomic E-state index is 12.4. The minimum Gasteiger partial charge on any atom is -0.496 e. The van der Waals surface area contributed by atoms with Gasteiger partial charge in [-0.25, -0.2) is 0 Å². The molecule has 154 valence electrons. The molecule has 2 amide bonds. The number of methoxy groups -OCH3 is 1. The highest BCUT2D eigenvalue weighted by Gasteiger charge is 2.11. The number of hydrogen-bond acceptors (Lipinski definition) is 4. The van der Waals surface area contributed by atoms with E-state index < -0.39 is 0 Å². The molecule has 0 bridgehead atoms. The number of amides is 2. The molecule has 0 unspecified atom stereocenters. The number of carbonyl (C=O) groups excluding carboxylic acids is 2. The Labute approximate surface area is 189 Å². The first-order valence-corrected chi connectivity index (χ1v) is 10.8. The van der Waals surface area contributed by atoms with E-state index in [0.29, 0.717) is 29.1 Å². The second-order valence-electron chi connectivity index (χ2n) is 6.34. The second kappa shape index (κ2) is 11.7. The molecule has 0 heterocycles. The van der Waals surface area contributed by atoms with Crippen molar-refractivity contribution in [2.75, 3.05) is 17.7 Å². The summed E-state index contributed by atoms with van der Waals surface area (Å²) in [6.45, 7) is 2.10. The van der Waals surface area contributed by atoms with Gasteiger partial charge in [-0.3, -0.25) is 14.9 Å². The SMILES string of the molecule is CCCCCC(=O)Nc1cccc(NC(=S)NC(=O)c2ccc(OC)c(I)c2)c1. The molecular weight excluding hydrogens is 501 g/mol. The van der Waals surface area contributed by atoms with Crippen molar-refractivity contribution in [1.29, 1.82) is 0 Å². The van der Waals surface area contributed by atoms with Crippen LogP contribution in [0.1, 0.15) is 43.0 Å². The molecule has 0 saturated carbocycles. The maximum Gasteiger partial charge on any atom is 0.257 e. The summed E-state index contributed by atoms with van der Waals surface area (Å²) in [5, 5.41) is 8.67. The minimum absolute atomic E-state index is 0.0133. The number of nitrogens with one attached hydrogen (secondary N) is 3. The van der Waals surface area contributed by atoms with E-state index in [2.05, 4.69) is 45.5 Å². The van der Waals surface area contributed by atoms with Crippen molar-refractivity contribution in [3.05, 3.63) is 51.6 Å². The average Bonchev–Trinajstić information content (AvgIpc) is 2.68. The number of unbranched alkanes of at least 4 members (excludes halogenated alkanes) is 2. The van der Waals surface area contributed by atoms with E-state index in [-0.39, 0.29) is 16.9 Å². The Kier molecular flexibility index (Phi) is 9.33. The summed E-state index contributed by atoms with van der Waals surface area (Å²) in [5.41, 5.74) is 1.83. The maximum atomic E-state index is 12.4. The van der Waals surface area contributed by atoms with Gasteiger partial charge in [0.05, 0.1) is 10.7 Å². The Morgan fingerprint density at radius 2 is 1.79 bits per heavy atom. The summed E-state index contributed by atoms with van der Waals surface area (Å²) in [6, 6.07) is 12.3. The molecule has 0 saturated heterocycles. The molecule has 0 aliphatic rings. The molecule has 0 aliphatic carbocycles. The number of carbonyl (C=O) groups is 2. The lowest BCUT2D eigenvalue weighted by Crippen LogP contribution is -2.34. The van der Waals surface area contributed by atoms with E-state index in [1.165, 1.54) is 0 Å². The van der Waals surface area contributed by atoms with Crippen LogP contribution in [0.4, 0.5) is 11.4 Å². The van der Waals surface area contributed by atoms with E-state index in [1.807, 2.05) is 12.1 Å². The van der Waals surface area contributed by atoms with Crippen LogP contribution in [0.15, 0.2) is 42.5 Å². The van der Waals surface area contributed by atoms with Crippen LogP contribution in [0, 0.1) is 3.57 Å². The van der Waals surface area contributed by atoms with Crippen LogP contribution < -0.4 is 20.7 Å². The standard InChI is InChI=1S/C21H24IN3O3S/c1-3-4-5-9-19(26)23-15-7-6-8-16(13-15)24-21(29)25-20(27)14-10-11-18(28-2)17(22)12-14/h6-8,10-13H,3-5,9H2,1-2H3,(H,23,26)(H2,24,25,27,29). The molecule has 6 nitrogen and oxygen atoms in total. The van der Waals surface area contributed by atoms with Gasteiger partial charge in [-0.1, -0.05) is 25.8 Å². The molecule has 2 aromatic rings. The van der Waals surface area contributed by atoms with Gasteiger partial charge in [0.25, 0.3) is 5.91 Å². The zero-order valence-electron chi connectivity index (χ0n) is 16.4. The summed E-state index contributed by atoms with van der Waals surface area (Å²) >= 11 is 7.35. The first-order valence-electron chi connectivity index (χ1n) is 9.28. The van der Waals surface area contributed by atoms with Gasteiger partial charge >= 0.3 is 0 Å². The van der Waals surface area contributed by atoms with Crippen molar-refractivity contribution in [2.24, 2.45) is 0 Å². The molecule has 2 aromatic carbocycles. The fourth-order valence-electron chi connectivity index (χ4n) is 2.58. The van der Waals surface area contributed by atoms with Gasteiger partial charge in [0.15, 0.2) is 5.11 Å².